The quantitative estimate of drug-likeness (QED) is 0.243. The fraction of sp³-hybridized carbons (Fsp3) is 0.217. The number of carbonyl (C=O) groups excluding carboxylic acids is 1. The number of pyridine rings is 1. The number of hydrogen-bond acceptors (Lipinski definition) is 5. The maximum absolute atomic E-state index is 13.2. The van der Waals surface area contributed by atoms with E-state index in [1.807, 2.05) is 0 Å². The van der Waals surface area contributed by atoms with E-state index in [2.05, 4.69) is 15.0 Å². The number of nitrogens with one attached hydrogen (secondary N) is 1. The summed E-state index contributed by atoms with van der Waals surface area (Å²) in [4.78, 5) is 16.0. The number of ether oxygens (including phenoxy) is 3. The van der Waals surface area contributed by atoms with Gasteiger partial charge in [0.2, 0.25) is 5.88 Å². The van der Waals surface area contributed by atoms with Gasteiger partial charge in [-0.15, -0.1) is 0 Å². The van der Waals surface area contributed by atoms with E-state index in [-0.39, 0.29) is 28.1 Å². The number of anilines is 1. The maximum Gasteiger partial charge on any atom is 0.461 e. The van der Waals surface area contributed by atoms with Crippen LogP contribution in [-0.2, 0) is 11.0 Å². The molecule has 1 N–H and O–H groups in total. The minimum atomic E-state index is -4.85. The predicted octanol–water partition coefficient (Wildman–Crippen LogP) is 8.50. The number of nitrogens with zero attached hydrogens (tertiary/aromatic N) is 1. The molecule has 210 valence electrons. The van der Waals surface area contributed by atoms with Crippen molar-refractivity contribution in [1.29, 1.82) is 0 Å². The highest BCUT2D eigenvalue weighted by molar-refractivity contribution is 6.37. The Morgan fingerprint density at radius 1 is 0.923 bits per heavy atom. The average molecular weight is 622 g/mol. The molecular formula is C23H14Cl3F7N2O4. The monoisotopic (exact) mass is 620 g/mol. The standard InChI is InChI=1S/C23H14Cl3F7N2O4/c1-10(19(36)35-12-7-15(24)18(16(25)8-12)39-23(32,33)21(27)28)37-13-2-4-14(5-3-13)38-20-17(26)6-11(9-34-20)22(29,30)31/h2-10,21H,1H3,(H,35,36). The zero-order valence-corrected chi connectivity index (χ0v) is 21.4. The van der Waals surface area contributed by atoms with Crippen molar-refractivity contribution in [3.63, 3.8) is 0 Å². The van der Waals surface area contributed by atoms with Gasteiger partial charge >= 0.3 is 18.7 Å². The fourth-order valence-electron chi connectivity index (χ4n) is 2.77. The summed E-state index contributed by atoms with van der Waals surface area (Å²) >= 11 is 17.4. The van der Waals surface area contributed by atoms with E-state index in [9.17, 15) is 35.5 Å². The number of halogens is 10. The van der Waals surface area contributed by atoms with Gasteiger partial charge in [0.1, 0.15) is 16.5 Å². The molecule has 0 radical (unpaired) electrons. The van der Waals surface area contributed by atoms with E-state index >= 15 is 0 Å². The van der Waals surface area contributed by atoms with Crippen LogP contribution in [-0.4, -0.2) is 29.5 Å². The Morgan fingerprint density at radius 3 is 2.00 bits per heavy atom. The van der Waals surface area contributed by atoms with Gasteiger partial charge in [-0.2, -0.15) is 30.7 Å². The van der Waals surface area contributed by atoms with Crippen molar-refractivity contribution in [2.75, 3.05) is 5.32 Å². The third kappa shape index (κ3) is 7.93. The molecule has 39 heavy (non-hydrogen) atoms. The number of carbonyl (C=O) groups is 1. The third-order valence-corrected chi connectivity index (χ3v) is 5.45. The first-order chi connectivity index (χ1) is 18.1. The fourth-order valence-corrected chi connectivity index (χ4v) is 3.53. The van der Waals surface area contributed by atoms with E-state index in [4.69, 9.17) is 44.3 Å². The molecule has 1 unspecified atom stereocenters. The van der Waals surface area contributed by atoms with Crippen molar-refractivity contribution >= 4 is 46.4 Å². The lowest BCUT2D eigenvalue weighted by atomic mass is 10.2. The maximum atomic E-state index is 13.2. The van der Waals surface area contributed by atoms with Crippen molar-refractivity contribution in [1.82, 2.24) is 4.98 Å². The molecule has 3 rings (SSSR count). The van der Waals surface area contributed by atoms with Gasteiger partial charge in [-0.25, -0.2) is 4.98 Å². The van der Waals surface area contributed by atoms with Crippen LogP contribution in [0.1, 0.15) is 12.5 Å². The number of alkyl halides is 7. The van der Waals surface area contributed by atoms with Gasteiger partial charge < -0.3 is 19.5 Å². The lowest BCUT2D eigenvalue weighted by Gasteiger charge is -2.19. The Bertz CT molecular complexity index is 1320. The van der Waals surface area contributed by atoms with Crippen LogP contribution in [0.25, 0.3) is 0 Å². The third-order valence-electron chi connectivity index (χ3n) is 4.61. The molecule has 0 saturated carbocycles. The number of rotatable bonds is 9. The number of aromatic nitrogens is 1. The van der Waals surface area contributed by atoms with Gasteiger partial charge in [-0.3, -0.25) is 4.79 Å². The molecule has 16 heteroatoms. The number of benzene rings is 2. The smallest absolute Gasteiger partial charge is 0.461 e. The van der Waals surface area contributed by atoms with E-state index in [1.165, 1.54) is 31.2 Å². The first-order valence-electron chi connectivity index (χ1n) is 10.4. The van der Waals surface area contributed by atoms with Gasteiger partial charge in [0, 0.05) is 11.9 Å². The lowest BCUT2D eigenvalue weighted by molar-refractivity contribution is -0.253. The second-order valence-corrected chi connectivity index (χ2v) is 8.79. The Labute approximate surface area is 230 Å². The van der Waals surface area contributed by atoms with E-state index in [0.29, 0.717) is 12.3 Å². The van der Waals surface area contributed by atoms with Crippen LogP contribution < -0.4 is 19.5 Å². The summed E-state index contributed by atoms with van der Waals surface area (Å²) in [6.45, 7) is 1.37. The molecule has 0 aliphatic heterocycles. The molecule has 0 saturated heterocycles. The predicted molar refractivity (Wildman–Crippen MR) is 128 cm³/mol. The Hall–Kier alpha value is -3.16. The van der Waals surface area contributed by atoms with Gasteiger partial charge in [-0.05, 0) is 49.4 Å². The highest BCUT2D eigenvalue weighted by Crippen LogP contribution is 2.40. The van der Waals surface area contributed by atoms with Gasteiger partial charge in [0.25, 0.3) is 5.91 Å². The Kier molecular flexibility index (Phi) is 9.29. The summed E-state index contributed by atoms with van der Waals surface area (Å²) < 4.78 is 104. The minimum Gasteiger partial charge on any atom is -0.481 e. The summed E-state index contributed by atoms with van der Waals surface area (Å²) in [7, 11) is 0. The summed E-state index contributed by atoms with van der Waals surface area (Å²) in [5.74, 6) is -1.56. The number of hydrogen-bond donors (Lipinski definition) is 1. The molecule has 2 aromatic carbocycles. The second kappa shape index (κ2) is 11.9. The van der Waals surface area contributed by atoms with Gasteiger partial charge in [-0.1, -0.05) is 34.8 Å². The highest BCUT2D eigenvalue weighted by atomic mass is 35.5. The van der Waals surface area contributed by atoms with Crippen molar-refractivity contribution in [3.8, 4) is 23.1 Å². The first kappa shape index (κ1) is 30.4. The van der Waals surface area contributed by atoms with Crippen LogP contribution >= 0.6 is 34.8 Å². The lowest BCUT2D eigenvalue weighted by Crippen LogP contribution is -2.33. The molecule has 1 amide bonds. The normalized spacial score (nSPS) is 12.7. The molecule has 1 heterocycles. The largest absolute Gasteiger partial charge is 0.481 e. The van der Waals surface area contributed by atoms with Crippen molar-refractivity contribution in [3.05, 3.63) is 69.3 Å². The van der Waals surface area contributed by atoms with Gasteiger partial charge in [0.15, 0.2) is 11.9 Å². The molecule has 0 aliphatic rings. The van der Waals surface area contributed by atoms with Crippen LogP contribution in [0.15, 0.2) is 48.7 Å². The SMILES string of the molecule is CC(Oc1ccc(Oc2ncc(C(F)(F)F)cc2Cl)cc1)C(=O)Nc1cc(Cl)c(OC(F)(F)C(F)F)c(Cl)c1. The van der Waals surface area contributed by atoms with Crippen LogP contribution in [0.3, 0.4) is 0 Å². The summed E-state index contributed by atoms with van der Waals surface area (Å²) in [5, 5.41) is 0.877. The van der Waals surface area contributed by atoms with E-state index < -0.39 is 52.1 Å². The first-order valence-corrected chi connectivity index (χ1v) is 11.5. The minimum absolute atomic E-state index is 0.0668. The highest BCUT2D eigenvalue weighted by Gasteiger charge is 2.45. The zero-order valence-electron chi connectivity index (χ0n) is 19.1. The summed E-state index contributed by atoms with van der Waals surface area (Å²) in [6, 6.07) is 8.12. The molecule has 0 aliphatic carbocycles. The Balaban J connectivity index is 1.62. The van der Waals surface area contributed by atoms with Crippen molar-refractivity contribution in [2.45, 2.75) is 31.7 Å². The molecule has 1 aromatic heterocycles. The van der Waals surface area contributed by atoms with Crippen LogP contribution in [0.2, 0.25) is 15.1 Å². The molecular weight excluding hydrogens is 608 g/mol. The van der Waals surface area contributed by atoms with Crippen LogP contribution in [0.4, 0.5) is 36.4 Å². The molecule has 1 atom stereocenters. The summed E-state index contributed by atoms with van der Waals surface area (Å²) in [6.07, 6.45) is -14.2. The van der Waals surface area contributed by atoms with Crippen LogP contribution in [0, 0.1) is 0 Å². The number of amides is 1. The second-order valence-electron chi connectivity index (χ2n) is 7.57. The van der Waals surface area contributed by atoms with E-state index in [0.717, 1.165) is 12.1 Å². The Morgan fingerprint density at radius 2 is 1.49 bits per heavy atom. The molecule has 0 spiro atoms. The molecule has 6 nitrogen and oxygen atoms in total. The van der Waals surface area contributed by atoms with Crippen molar-refractivity contribution in [2.24, 2.45) is 0 Å². The van der Waals surface area contributed by atoms with Gasteiger partial charge in [0.05, 0.1) is 15.6 Å². The molecule has 0 fully saturated rings. The van der Waals surface area contributed by atoms with E-state index in [1.54, 1.807) is 0 Å². The van der Waals surface area contributed by atoms with Crippen LogP contribution in [0.5, 0.6) is 23.1 Å². The molecule has 3 aromatic rings. The topological polar surface area (TPSA) is 69.7 Å². The average Bonchev–Trinajstić information content (AvgIpc) is 2.83. The zero-order chi connectivity index (χ0) is 29.1. The summed E-state index contributed by atoms with van der Waals surface area (Å²) in [5.41, 5.74) is -1.11. The van der Waals surface area contributed by atoms with Crippen molar-refractivity contribution < 1.29 is 49.7 Å². The molecule has 0 bridgehead atoms.